The van der Waals surface area contributed by atoms with Crippen molar-refractivity contribution in [3.05, 3.63) is 71.3 Å². The van der Waals surface area contributed by atoms with Gasteiger partial charge in [0.05, 0.1) is 0 Å². The highest BCUT2D eigenvalue weighted by Crippen LogP contribution is 2.40. The summed E-state index contributed by atoms with van der Waals surface area (Å²) in [6.07, 6.45) is 2.43. The molecule has 3 rings (SSSR count). The molecular weight excluding hydrogens is 218 g/mol. The lowest BCUT2D eigenvalue weighted by molar-refractivity contribution is 0.452. The molecule has 0 fully saturated rings. The van der Waals surface area contributed by atoms with Crippen molar-refractivity contribution in [3.63, 3.8) is 0 Å². The van der Waals surface area contributed by atoms with E-state index in [9.17, 15) is 0 Å². The fourth-order valence-corrected chi connectivity index (χ4v) is 2.96. The highest BCUT2D eigenvalue weighted by atomic mass is 14.9. The maximum absolute atomic E-state index is 3.45. The van der Waals surface area contributed by atoms with E-state index in [1.807, 2.05) is 0 Å². The van der Waals surface area contributed by atoms with Crippen molar-refractivity contribution >= 4 is 0 Å². The maximum Gasteiger partial charge on any atom is 0.0323 e. The molecule has 0 amide bonds. The smallest absolute Gasteiger partial charge is 0.0323 e. The van der Waals surface area contributed by atoms with Crippen LogP contribution in [0.2, 0.25) is 0 Å². The van der Waals surface area contributed by atoms with Crippen LogP contribution >= 0.6 is 0 Å². The van der Waals surface area contributed by atoms with Crippen LogP contribution in [-0.4, -0.2) is 7.05 Å². The number of hydrogen-bond acceptors (Lipinski definition) is 1. The highest BCUT2D eigenvalue weighted by molar-refractivity contribution is 5.40. The van der Waals surface area contributed by atoms with E-state index >= 15 is 0 Å². The van der Waals surface area contributed by atoms with Crippen LogP contribution in [0.15, 0.2) is 54.6 Å². The molecule has 1 nitrogen and oxygen atoms in total. The molecule has 0 bridgehead atoms. The molecule has 0 heterocycles. The molecule has 1 aliphatic carbocycles. The lowest BCUT2D eigenvalue weighted by Crippen LogP contribution is -2.24. The zero-order valence-corrected chi connectivity index (χ0v) is 10.8. The van der Waals surface area contributed by atoms with Gasteiger partial charge in [0.25, 0.3) is 0 Å². The molecular formula is C17H19N. The van der Waals surface area contributed by atoms with Gasteiger partial charge < -0.3 is 5.32 Å². The number of hydrogen-bond donors (Lipinski definition) is 1. The molecule has 0 radical (unpaired) electrons. The number of fused-ring (bicyclic) bond motifs is 1. The van der Waals surface area contributed by atoms with Crippen molar-refractivity contribution in [3.8, 4) is 0 Å². The van der Waals surface area contributed by atoms with Gasteiger partial charge in [-0.2, -0.15) is 0 Å². The third kappa shape index (κ3) is 2.06. The summed E-state index contributed by atoms with van der Waals surface area (Å²) in [5, 5.41) is 3.45. The summed E-state index contributed by atoms with van der Waals surface area (Å²) in [4.78, 5) is 0. The van der Waals surface area contributed by atoms with Gasteiger partial charge >= 0.3 is 0 Å². The quantitative estimate of drug-likeness (QED) is 0.855. The lowest BCUT2D eigenvalue weighted by atomic mass is 9.74. The van der Waals surface area contributed by atoms with Crippen LogP contribution in [-0.2, 0) is 6.42 Å². The van der Waals surface area contributed by atoms with E-state index in [0.29, 0.717) is 6.04 Å². The van der Waals surface area contributed by atoms with E-state index in [1.54, 1.807) is 5.56 Å². The molecule has 1 heteroatoms. The average Bonchev–Trinajstić information content (AvgIpc) is 2.41. The largest absolute Gasteiger partial charge is 0.313 e. The topological polar surface area (TPSA) is 12.0 Å². The highest BCUT2D eigenvalue weighted by Gasteiger charge is 2.27. The Balaban J connectivity index is 1.74. The fourth-order valence-electron chi connectivity index (χ4n) is 2.96. The second-order valence-electron chi connectivity index (χ2n) is 5.09. The van der Waals surface area contributed by atoms with E-state index < -0.39 is 0 Å². The summed E-state index contributed by atoms with van der Waals surface area (Å²) in [5.74, 6) is 0.721. The van der Waals surface area contributed by atoms with Gasteiger partial charge in [0.1, 0.15) is 0 Å². The van der Waals surface area contributed by atoms with Crippen LogP contribution in [0, 0.1) is 0 Å². The van der Waals surface area contributed by atoms with Gasteiger partial charge in [-0.3, -0.25) is 0 Å². The van der Waals surface area contributed by atoms with Crippen LogP contribution in [0.4, 0.5) is 0 Å². The van der Waals surface area contributed by atoms with E-state index in [1.165, 1.54) is 24.0 Å². The Bertz CT molecular complexity index is 518. The zero-order chi connectivity index (χ0) is 12.4. The Morgan fingerprint density at radius 2 is 1.78 bits per heavy atom. The molecule has 92 valence electrons. The van der Waals surface area contributed by atoms with Crippen molar-refractivity contribution in [1.29, 1.82) is 0 Å². The predicted octanol–water partition coefficient (Wildman–Crippen LogP) is 3.68. The Morgan fingerprint density at radius 1 is 1.06 bits per heavy atom. The molecule has 0 saturated heterocycles. The van der Waals surface area contributed by atoms with Gasteiger partial charge in [-0.1, -0.05) is 54.6 Å². The van der Waals surface area contributed by atoms with Crippen molar-refractivity contribution in [1.82, 2.24) is 5.32 Å². The van der Waals surface area contributed by atoms with Gasteiger partial charge in [0.2, 0.25) is 0 Å². The molecule has 0 spiro atoms. The minimum Gasteiger partial charge on any atom is -0.313 e. The second kappa shape index (κ2) is 4.95. The number of nitrogens with one attached hydrogen (secondary N) is 1. The van der Waals surface area contributed by atoms with Crippen molar-refractivity contribution in [2.45, 2.75) is 24.8 Å². The Hall–Kier alpha value is -1.60. The van der Waals surface area contributed by atoms with Crippen molar-refractivity contribution in [2.24, 2.45) is 0 Å². The van der Waals surface area contributed by atoms with E-state index in [4.69, 9.17) is 0 Å². The van der Waals surface area contributed by atoms with Gasteiger partial charge in [-0.25, -0.2) is 0 Å². The van der Waals surface area contributed by atoms with Crippen LogP contribution in [0.5, 0.6) is 0 Å². The first-order valence-electron chi connectivity index (χ1n) is 6.68. The lowest BCUT2D eigenvalue weighted by Gasteiger charge is -2.33. The monoisotopic (exact) mass is 237 g/mol. The molecule has 2 aromatic carbocycles. The number of rotatable bonds is 4. The summed E-state index contributed by atoms with van der Waals surface area (Å²) >= 11 is 0. The third-order valence-corrected chi connectivity index (χ3v) is 4.03. The van der Waals surface area contributed by atoms with Gasteiger partial charge in [0, 0.05) is 6.04 Å². The van der Waals surface area contributed by atoms with Gasteiger partial charge in [0.15, 0.2) is 0 Å². The van der Waals surface area contributed by atoms with Crippen LogP contribution in [0.25, 0.3) is 0 Å². The number of benzene rings is 2. The molecule has 18 heavy (non-hydrogen) atoms. The summed E-state index contributed by atoms with van der Waals surface area (Å²) in [6, 6.07) is 20.0. The third-order valence-electron chi connectivity index (χ3n) is 4.03. The first-order chi connectivity index (χ1) is 8.88. The second-order valence-corrected chi connectivity index (χ2v) is 5.09. The fraction of sp³-hybridized carbons (Fsp3) is 0.294. The minimum absolute atomic E-state index is 0.463. The SMILES string of the molecule is CNC(CC1Cc2ccccc21)c1ccccc1. The maximum atomic E-state index is 3.45. The standard InChI is InChI=1S/C17H19N/c1-18-17(13-7-3-2-4-8-13)12-15-11-14-9-5-6-10-16(14)15/h2-10,15,17-18H,11-12H2,1H3. The van der Waals surface area contributed by atoms with Gasteiger partial charge in [-0.05, 0) is 42.5 Å². The van der Waals surface area contributed by atoms with Crippen LogP contribution in [0.3, 0.4) is 0 Å². The average molecular weight is 237 g/mol. The molecule has 1 aliphatic rings. The molecule has 2 atom stereocenters. The van der Waals surface area contributed by atoms with E-state index in [2.05, 4.69) is 67.0 Å². The van der Waals surface area contributed by atoms with Crippen molar-refractivity contribution < 1.29 is 0 Å². The van der Waals surface area contributed by atoms with Gasteiger partial charge in [-0.15, -0.1) is 0 Å². The molecule has 1 N–H and O–H groups in total. The van der Waals surface area contributed by atoms with Crippen LogP contribution < -0.4 is 5.32 Å². The summed E-state index contributed by atoms with van der Waals surface area (Å²) in [5.41, 5.74) is 4.48. The minimum atomic E-state index is 0.463. The summed E-state index contributed by atoms with van der Waals surface area (Å²) < 4.78 is 0. The molecule has 0 aliphatic heterocycles. The molecule has 2 aromatic rings. The Morgan fingerprint density at radius 3 is 2.50 bits per heavy atom. The molecule has 0 aromatic heterocycles. The van der Waals surface area contributed by atoms with Crippen LogP contribution in [0.1, 0.15) is 35.1 Å². The predicted molar refractivity (Wildman–Crippen MR) is 75.7 cm³/mol. The van der Waals surface area contributed by atoms with Crippen molar-refractivity contribution in [2.75, 3.05) is 7.05 Å². The summed E-state index contributed by atoms with van der Waals surface area (Å²) in [6.45, 7) is 0. The summed E-state index contributed by atoms with van der Waals surface area (Å²) in [7, 11) is 2.06. The first kappa shape index (κ1) is 11.5. The zero-order valence-electron chi connectivity index (χ0n) is 10.8. The normalized spacial score (nSPS) is 18.8. The Labute approximate surface area is 109 Å². The first-order valence-corrected chi connectivity index (χ1v) is 6.68. The molecule has 2 unspecified atom stereocenters. The molecule has 0 saturated carbocycles. The van der Waals surface area contributed by atoms with E-state index in [0.717, 1.165) is 5.92 Å². The van der Waals surface area contributed by atoms with E-state index in [-0.39, 0.29) is 0 Å². The Kier molecular flexibility index (Phi) is 3.16.